The molecule has 32 heavy (non-hydrogen) atoms. The fourth-order valence-electron chi connectivity index (χ4n) is 4.65. The number of ether oxygens (including phenoxy) is 3. The van der Waals surface area contributed by atoms with Crippen LogP contribution >= 0.6 is 0 Å². The van der Waals surface area contributed by atoms with Crippen LogP contribution in [0.1, 0.15) is 23.1 Å². The molecular formula is C26H26N2O4. The van der Waals surface area contributed by atoms with Crippen LogP contribution in [0.3, 0.4) is 0 Å². The highest BCUT2D eigenvalue weighted by Crippen LogP contribution is 2.42. The highest BCUT2D eigenvalue weighted by molar-refractivity contribution is 5.77. The molecule has 2 aromatic carbocycles. The van der Waals surface area contributed by atoms with Gasteiger partial charge in [-0.15, -0.1) is 0 Å². The van der Waals surface area contributed by atoms with Crippen molar-refractivity contribution in [2.45, 2.75) is 25.8 Å². The molecule has 0 bridgehead atoms. The molecule has 0 radical (unpaired) electrons. The Morgan fingerprint density at radius 3 is 2.41 bits per heavy atom. The summed E-state index contributed by atoms with van der Waals surface area (Å²) in [5, 5.41) is 4.07. The van der Waals surface area contributed by atoms with Gasteiger partial charge in [-0.25, -0.2) is 0 Å². The molecule has 4 aromatic rings. The van der Waals surface area contributed by atoms with Crippen molar-refractivity contribution in [3.63, 3.8) is 0 Å². The van der Waals surface area contributed by atoms with Crippen LogP contribution in [-0.4, -0.2) is 31.1 Å². The lowest BCUT2D eigenvalue weighted by Gasteiger charge is -2.16. The van der Waals surface area contributed by atoms with Crippen molar-refractivity contribution < 1.29 is 18.7 Å². The van der Waals surface area contributed by atoms with E-state index in [4.69, 9.17) is 18.7 Å². The van der Waals surface area contributed by atoms with Crippen molar-refractivity contribution in [1.29, 1.82) is 0 Å². The maximum absolute atomic E-state index is 5.70. The van der Waals surface area contributed by atoms with Crippen molar-refractivity contribution >= 4 is 0 Å². The van der Waals surface area contributed by atoms with Crippen molar-refractivity contribution in [1.82, 2.24) is 9.72 Å². The van der Waals surface area contributed by atoms with E-state index in [1.807, 2.05) is 24.4 Å². The molecule has 2 aromatic heterocycles. The maximum Gasteiger partial charge on any atom is 0.203 e. The number of fused-ring (bicyclic) bond motifs is 3. The van der Waals surface area contributed by atoms with Gasteiger partial charge in [-0.2, -0.15) is 0 Å². The molecule has 0 unspecified atom stereocenters. The van der Waals surface area contributed by atoms with Crippen LogP contribution in [-0.2, 0) is 19.4 Å². The van der Waals surface area contributed by atoms with Crippen LogP contribution < -0.4 is 14.2 Å². The second kappa shape index (κ2) is 8.46. The molecule has 1 aliphatic rings. The molecule has 0 spiro atoms. The second-order valence-electron chi connectivity index (χ2n) is 7.93. The first kappa shape index (κ1) is 20.2. The van der Waals surface area contributed by atoms with Gasteiger partial charge in [-0.1, -0.05) is 35.5 Å². The van der Waals surface area contributed by atoms with E-state index in [1.54, 1.807) is 21.3 Å². The molecule has 0 atom stereocenters. The first-order valence-corrected chi connectivity index (χ1v) is 10.7. The Balaban J connectivity index is 1.67. The summed E-state index contributed by atoms with van der Waals surface area (Å²) in [6.45, 7) is 0.650. The normalized spacial score (nSPS) is 12.6. The van der Waals surface area contributed by atoms with Crippen molar-refractivity contribution in [2.24, 2.45) is 0 Å². The summed E-state index contributed by atoms with van der Waals surface area (Å²) < 4.78 is 24.6. The zero-order valence-electron chi connectivity index (χ0n) is 18.6. The number of nitrogens with zero attached hydrogens (tertiary/aromatic N) is 2. The van der Waals surface area contributed by atoms with Gasteiger partial charge < -0.3 is 23.3 Å². The van der Waals surface area contributed by atoms with Crippen molar-refractivity contribution in [3.05, 3.63) is 71.5 Å². The quantitative estimate of drug-likeness (QED) is 0.411. The van der Waals surface area contributed by atoms with Gasteiger partial charge >= 0.3 is 0 Å². The third-order valence-electron chi connectivity index (χ3n) is 6.07. The molecule has 6 heteroatoms. The molecule has 6 nitrogen and oxygen atoms in total. The predicted molar refractivity (Wildman–Crippen MR) is 123 cm³/mol. The van der Waals surface area contributed by atoms with E-state index >= 15 is 0 Å². The van der Waals surface area contributed by atoms with Gasteiger partial charge in [0.2, 0.25) is 5.75 Å². The molecule has 164 valence electrons. The van der Waals surface area contributed by atoms with Gasteiger partial charge in [-0.05, 0) is 48.1 Å². The fourth-order valence-corrected chi connectivity index (χ4v) is 4.65. The molecule has 0 saturated heterocycles. The van der Waals surface area contributed by atoms with Crippen LogP contribution in [0.25, 0.3) is 22.6 Å². The number of methoxy groups -OCH3 is 3. The highest BCUT2D eigenvalue weighted by atomic mass is 16.5. The summed E-state index contributed by atoms with van der Waals surface area (Å²) in [6, 6.07) is 14.5. The zero-order valence-corrected chi connectivity index (χ0v) is 18.6. The third-order valence-corrected chi connectivity index (χ3v) is 6.07. The number of rotatable bonds is 6. The first-order valence-electron chi connectivity index (χ1n) is 10.7. The van der Waals surface area contributed by atoms with Crippen LogP contribution in [0, 0.1) is 0 Å². The average Bonchev–Trinajstić information content (AvgIpc) is 3.39. The van der Waals surface area contributed by atoms with E-state index < -0.39 is 0 Å². The maximum atomic E-state index is 5.70. The van der Waals surface area contributed by atoms with Crippen LogP contribution in [0.2, 0.25) is 0 Å². The number of aryl methyl sites for hydroxylation is 1. The molecule has 0 amide bonds. The summed E-state index contributed by atoms with van der Waals surface area (Å²) >= 11 is 0. The summed E-state index contributed by atoms with van der Waals surface area (Å²) in [6.07, 6.45) is 7.08. The molecule has 0 N–H and O–H groups in total. The largest absolute Gasteiger partial charge is 0.493 e. The number of aromatic nitrogens is 2. The Labute approximate surface area is 187 Å². The van der Waals surface area contributed by atoms with Gasteiger partial charge in [0.15, 0.2) is 17.3 Å². The Kier molecular flexibility index (Phi) is 5.35. The van der Waals surface area contributed by atoms with Gasteiger partial charge in [0.25, 0.3) is 0 Å². The number of hydrogen-bond donors (Lipinski definition) is 0. The minimum atomic E-state index is 0.594. The van der Waals surface area contributed by atoms with E-state index in [1.165, 1.54) is 22.4 Å². The van der Waals surface area contributed by atoms with Gasteiger partial charge in [-0.3, -0.25) is 0 Å². The van der Waals surface area contributed by atoms with Crippen molar-refractivity contribution in [3.8, 4) is 39.8 Å². The van der Waals surface area contributed by atoms with Crippen LogP contribution in [0.15, 0.2) is 59.4 Å². The van der Waals surface area contributed by atoms with E-state index in [-0.39, 0.29) is 0 Å². The van der Waals surface area contributed by atoms with E-state index in [0.29, 0.717) is 23.8 Å². The molecule has 0 saturated carbocycles. The van der Waals surface area contributed by atoms with Gasteiger partial charge in [0.1, 0.15) is 0 Å². The smallest absolute Gasteiger partial charge is 0.203 e. The van der Waals surface area contributed by atoms with Gasteiger partial charge in [0.05, 0.1) is 33.2 Å². The third kappa shape index (κ3) is 3.42. The second-order valence-corrected chi connectivity index (χ2v) is 7.93. The average molecular weight is 431 g/mol. The SMILES string of the molecule is COc1cc(Cn2cc3c(c2-c2ccccc2)CCCc2cnoc2-3)cc(OC)c1OC. The highest BCUT2D eigenvalue weighted by Gasteiger charge is 2.25. The molecule has 5 rings (SSSR count). The molecule has 0 fully saturated rings. The number of benzene rings is 2. The van der Waals surface area contributed by atoms with Crippen LogP contribution in [0.4, 0.5) is 0 Å². The summed E-state index contributed by atoms with van der Waals surface area (Å²) in [5.41, 5.74) is 7.05. The molecule has 2 heterocycles. The molecule has 0 aliphatic heterocycles. The molecule has 1 aliphatic carbocycles. The lowest BCUT2D eigenvalue weighted by atomic mass is 10.0. The Hall–Kier alpha value is -3.67. The van der Waals surface area contributed by atoms with Crippen LogP contribution in [0.5, 0.6) is 17.2 Å². The Bertz CT molecular complexity index is 1220. The Morgan fingerprint density at radius 1 is 0.969 bits per heavy atom. The first-order chi connectivity index (χ1) is 15.7. The standard InChI is InChI=1S/C26H26N2O4/c1-29-22-12-17(13-23(30-2)26(22)31-3)15-28-16-21-20(24(28)18-8-5-4-6-9-18)11-7-10-19-14-27-32-25(19)21/h4-6,8-9,12-14,16H,7,10-11,15H2,1-3H3. The zero-order chi connectivity index (χ0) is 22.1. The van der Waals surface area contributed by atoms with Crippen molar-refractivity contribution in [2.75, 3.05) is 21.3 Å². The lowest BCUT2D eigenvalue weighted by Crippen LogP contribution is -2.04. The summed E-state index contributed by atoms with van der Waals surface area (Å²) in [5.74, 6) is 2.78. The van der Waals surface area contributed by atoms with Gasteiger partial charge in [0, 0.05) is 23.9 Å². The topological polar surface area (TPSA) is 58.7 Å². The van der Waals surface area contributed by atoms with E-state index in [2.05, 4.69) is 40.2 Å². The minimum absolute atomic E-state index is 0.594. The van der Waals surface area contributed by atoms with E-state index in [9.17, 15) is 0 Å². The van der Waals surface area contributed by atoms with E-state index in [0.717, 1.165) is 36.1 Å². The fraction of sp³-hybridized carbons (Fsp3) is 0.269. The summed E-state index contributed by atoms with van der Waals surface area (Å²) in [4.78, 5) is 0. The number of hydrogen-bond acceptors (Lipinski definition) is 5. The summed E-state index contributed by atoms with van der Waals surface area (Å²) in [7, 11) is 4.89. The predicted octanol–water partition coefficient (Wildman–Crippen LogP) is 5.37. The Morgan fingerprint density at radius 2 is 1.72 bits per heavy atom. The minimum Gasteiger partial charge on any atom is -0.493 e. The monoisotopic (exact) mass is 430 g/mol. The lowest BCUT2D eigenvalue weighted by molar-refractivity contribution is 0.323. The molecular weight excluding hydrogens is 404 g/mol.